The van der Waals surface area contributed by atoms with Gasteiger partial charge >= 0.3 is 0 Å². The molecule has 1 N–H and O–H groups in total. The third-order valence-corrected chi connectivity index (χ3v) is 6.45. The van der Waals surface area contributed by atoms with Gasteiger partial charge in [0, 0.05) is 23.6 Å². The average molecular weight is 408 g/mol. The summed E-state index contributed by atoms with van der Waals surface area (Å²) in [7, 11) is 0. The van der Waals surface area contributed by atoms with Crippen LogP contribution in [0, 0.1) is 11.8 Å². The van der Waals surface area contributed by atoms with Crippen LogP contribution in [0.25, 0.3) is 16.8 Å². The molecule has 0 fully saturated rings. The van der Waals surface area contributed by atoms with Crippen LogP contribution in [0.2, 0.25) is 0 Å². The second kappa shape index (κ2) is 9.82. The zero-order valence-corrected chi connectivity index (χ0v) is 19.5. The molecule has 0 amide bonds. The summed E-state index contributed by atoms with van der Waals surface area (Å²) in [5.74, 6) is 1.33. The largest absolute Gasteiger partial charge is 0.396 e. The predicted octanol–water partition coefficient (Wildman–Crippen LogP) is 5.77. The Labute approximate surface area is 181 Å². The van der Waals surface area contributed by atoms with Crippen molar-refractivity contribution in [1.82, 2.24) is 15.0 Å². The van der Waals surface area contributed by atoms with Crippen molar-refractivity contribution in [2.24, 2.45) is 11.8 Å². The van der Waals surface area contributed by atoms with Crippen molar-refractivity contribution >= 4 is 5.57 Å². The molecular weight excluding hydrogens is 370 g/mol. The van der Waals surface area contributed by atoms with Crippen molar-refractivity contribution in [2.75, 3.05) is 6.61 Å². The minimum atomic E-state index is 0.249. The van der Waals surface area contributed by atoms with Crippen LogP contribution in [-0.4, -0.2) is 26.7 Å². The minimum Gasteiger partial charge on any atom is -0.396 e. The lowest BCUT2D eigenvalue weighted by Crippen LogP contribution is -2.22. The van der Waals surface area contributed by atoms with Crippen LogP contribution in [-0.2, 0) is 19.3 Å². The SMILES string of the molecule is CCc1nc(C(C)C)ccc1-c1nc2c(nc1CC)CC([C@@H](CC)CCO)C=C2C. The van der Waals surface area contributed by atoms with Crippen LogP contribution in [0.15, 0.2) is 18.2 Å². The molecule has 0 radical (unpaired) electrons. The molecule has 1 unspecified atom stereocenters. The van der Waals surface area contributed by atoms with Crippen LogP contribution in [0.4, 0.5) is 0 Å². The Morgan fingerprint density at radius 1 is 1.00 bits per heavy atom. The van der Waals surface area contributed by atoms with Crippen LogP contribution in [0.1, 0.15) is 88.8 Å². The van der Waals surface area contributed by atoms with Crippen molar-refractivity contribution < 1.29 is 5.11 Å². The second-order valence-corrected chi connectivity index (χ2v) is 8.80. The highest BCUT2D eigenvalue weighted by Crippen LogP contribution is 2.36. The molecule has 0 saturated carbocycles. The lowest BCUT2D eigenvalue weighted by molar-refractivity contribution is 0.229. The van der Waals surface area contributed by atoms with E-state index in [1.807, 2.05) is 0 Å². The van der Waals surface area contributed by atoms with Crippen molar-refractivity contribution in [2.45, 2.75) is 79.6 Å². The first-order chi connectivity index (χ1) is 14.4. The van der Waals surface area contributed by atoms with Crippen molar-refractivity contribution in [3.63, 3.8) is 0 Å². The molecule has 1 aliphatic rings. The first kappa shape index (κ1) is 22.6. The van der Waals surface area contributed by atoms with Gasteiger partial charge in [-0.3, -0.25) is 9.97 Å². The van der Waals surface area contributed by atoms with Gasteiger partial charge in [-0.15, -0.1) is 0 Å². The van der Waals surface area contributed by atoms with E-state index < -0.39 is 0 Å². The molecule has 0 spiro atoms. The number of pyridine rings is 1. The number of aromatic nitrogens is 3. The van der Waals surface area contributed by atoms with Crippen LogP contribution in [0.5, 0.6) is 0 Å². The first-order valence-electron chi connectivity index (χ1n) is 11.6. The molecular formula is C26H37N3O. The standard InChI is InChI=1S/C26H37N3O/c1-7-18(12-13-30)19-14-17(6)25-24(15-19)28-22(9-3)26(29-25)20-10-11-23(16(4)5)27-21(20)8-2/h10-11,14,16,18-19,30H,7-9,12-13,15H2,1-6H3/t18-,19?/m0/s1. The molecule has 4 heteroatoms. The zero-order chi connectivity index (χ0) is 21.8. The Kier molecular flexibility index (Phi) is 7.41. The first-order valence-corrected chi connectivity index (χ1v) is 11.6. The van der Waals surface area contributed by atoms with E-state index in [4.69, 9.17) is 15.0 Å². The van der Waals surface area contributed by atoms with Gasteiger partial charge < -0.3 is 5.11 Å². The molecule has 1 aliphatic carbocycles. The number of hydrogen-bond acceptors (Lipinski definition) is 4. The van der Waals surface area contributed by atoms with Gasteiger partial charge in [0.25, 0.3) is 0 Å². The Hall–Kier alpha value is -2.07. The van der Waals surface area contributed by atoms with Gasteiger partial charge in [-0.1, -0.05) is 47.1 Å². The molecule has 2 heterocycles. The number of aryl methyl sites for hydroxylation is 2. The summed E-state index contributed by atoms with van der Waals surface area (Å²) in [4.78, 5) is 15.2. The average Bonchev–Trinajstić information content (AvgIpc) is 2.75. The van der Waals surface area contributed by atoms with Gasteiger partial charge in [0.2, 0.25) is 0 Å². The molecule has 162 valence electrons. The van der Waals surface area contributed by atoms with Gasteiger partial charge in [-0.25, -0.2) is 4.98 Å². The van der Waals surface area contributed by atoms with E-state index >= 15 is 0 Å². The highest BCUT2D eigenvalue weighted by molar-refractivity contribution is 5.71. The number of nitrogens with zero attached hydrogens (tertiary/aromatic N) is 3. The minimum absolute atomic E-state index is 0.249. The number of aliphatic hydroxyl groups excluding tert-OH is 1. The van der Waals surface area contributed by atoms with Gasteiger partial charge in [0.05, 0.1) is 22.8 Å². The lowest BCUT2D eigenvalue weighted by Gasteiger charge is -2.28. The van der Waals surface area contributed by atoms with Crippen LogP contribution < -0.4 is 0 Å². The Morgan fingerprint density at radius 3 is 2.33 bits per heavy atom. The van der Waals surface area contributed by atoms with E-state index in [1.165, 1.54) is 5.57 Å². The topological polar surface area (TPSA) is 58.9 Å². The fourth-order valence-electron chi connectivity index (χ4n) is 4.63. The summed E-state index contributed by atoms with van der Waals surface area (Å²) in [6.07, 6.45) is 6.93. The number of aliphatic hydroxyl groups is 1. The third-order valence-electron chi connectivity index (χ3n) is 6.45. The number of hydrogen-bond donors (Lipinski definition) is 1. The monoisotopic (exact) mass is 407 g/mol. The maximum Gasteiger partial charge on any atom is 0.0943 e. The van der Waals surface area contributed by atoms with E-state index in [9.17, 15) is 5.11 Å². The summed E-state index contributed by atoms with van der Waals surface area (Å²) in [5, 5.41) is 9.45. The number of fused-ring (bicyclic) bond motifs is 1. The number of rotatable bonds is 8. The van der Waals surface area contributed by atoms with Crippen molar-refractivity contribution in [3.8, 4) is 11.3 Å². The third kappa shape index (κ3) is 4.49. The maximum absolute atomic E-state index is 9.45. The summed E-state index contributed by atoms with van der Waals surface area (Å²) in [6, 6.07) is 4.33. The van der Waals surface area contributed by atoms with E-state index in [0.29, 0.717) is 17.8 Å². The molecule has 2 atom stereocenters. The van der Waals surface area contributed by atoms with Crippen molar-refractivity contribution in [3.05, 3.63) is 46.7 Å². The molecule has 0 aliphatic heterocycles. The molecule has 30 heavy (non-hydrogen) atoms. The fourth-order valence-corrected chi connectivity index (χ4v) is 4.63. The van der Waals surface area contributed by atoms with Gasteiger partial charge in [0.15, 0.2) is 0 Å². The zero-order valence-electron chi connectivity index (χ0n) is 19.5. The second-order valence-electron chi connectivity index (χ2n) is 8.80. The van der Waals surface area contributed by atoms with E-state index in [0.717, 1.165) is 71.8 Å². The maximum atomic E-state index is 9.45. The molecule has 0 aromatic carbocycles. The van der Waals surface area contributed by atoms with E-state index in [1.54, 1.807) is 0 Å². The summed E-state index contributed by atoms with van der Waals surface area (Å²) in [6.45, 7) is 13.3. The predicted molar refractivity (Wildman–Crippen MR) is 124 cm³/mol. The number of allylic oxidation sites excluding steroid dienone is 2. The molecule has 3 rings (SSSR count). The Bertz CT molecular complexity index is 917. The van der Waals surface area contributed by atoms with Crippen LogP contribution in [0.3, 0.4) is 0 Å². The highest BCUT2D eigenvalue weighted by atomic mass is 16.3. The van der Waals surface area contributed by atoms with Gasteiger partial charge in [-0.2, -0.15) is 0 Å². The van der Waals surface area contributed by atoms with Gasteiger partial charge in [0.1, 0.15) is 0 Å². The highest BCUT2D eigenvalue weighted by Gasteiger charge is 2.27. The normalized spacial score (nSPS) is 17.1. The fraction of sp³-hybridized carbons (Fsp3) is 0.577. The van der Waals surface area contributed by atoms with Gasteiger partial charge in [-0.05, 0) is 68.1 Å². The smallest absolute Gasteiger partial charge is 0.0943 e. The lowest BCUT2D eigenvalue weighted by atomic mass is 9.79. The van der Waals surface area contributed by atoms with E-state index in [2.05, 4.69) is 59.8 Å². The summed E-state index contributed by atoms with van der Waals surface area (Å²) >= 11 is 0. The molecule has 2 aromatic heterocycles. The summed E-state index contributed by atoms with van der Waals surface area (Å²) in [5.41, 5.74) is 8.77. The molecule has 4 nitrogen and oxygen atoms in total. The quantitative estimate of drug-likeness (QED) is 0.603. The molecule has 2 aromatic rings. The Balaban J connectivity index is 2.07. The van der Waals surface area contributed by atoms with Crippen LogP contribution >= 0.6 is 0 Å². The molecule has 0 bridgehead atoms. The van der Waals surface area contributed by atoms with E-state index in [-0.39, 0.29) is 6.61 Å². The molecule has 0 saturated heterocycles. The Morgan fingerprint density at radius 2 is 1.73 bits per heavy atom. The summed E-state index contributed by atoms with van der Waals surface area (Å²) < 4.78 is 0. The van der Waals surface area contributed by atoms with Crippen molar-refractivity contribution in [1.29, 1.82) is 0 Å².